The zero-order chi connectivity index (χ0) is 22.3. The van der Waals surface area contributed by atoms with Crippen LogP contribution in [-0.4, -0.2) is 52.4 Å². The molecule has 1 aliphatic carbocycles. The fourth-order valence-electron chi connectivity index (χ4n) is 4.87. The molecule has 1 aliphatic heterocycles. The zero-order valence-electron chi connectivity index (χ0n) is 17.1. The molecule has 3 aromatic rings. The largest absolute Gasteiger partial charge is 0.435 e. The van der Waals surface area contributed by atoms with Crippen molar-refractivity contribution in [3.8, 4) is 28.6 Å². The SMILES string of the molecule is O=C1CC2(CCc3c(-c4noc(-c5ccc(OC(F)F)cc5)n4)cccc32)CN1CCO. The number of aliphatic hydroxyl groups excluding tert-OH is 1. The van der Waals surface area contributed by atoms with E-state index in [0.717, 1.165) is 29.5 Å². The van der Waals surface area contributed by atoms with Gasteiger partial charge in [-0.15, -0.1) is 0 Å². The maximum atomic E-state index is 12.5. The minimum atomic E-state index is -2.88. The van der Waals surface area contributed by atoms with E-state index in [2.05, 4.69) is 20.9 Å². The van der Waals surface area contributed by atoms with Crippen molar-refractivity contribution in [1.29, 1.82) is 0 Å². The highest BCUT2D eigenvalue weighted by atomic mass is 19.3. The summed E-state index contributed by atoms with van der Waals surface area (Å²) in [6.45, 7) is -1.97. The second-order valence-electron chi connectivity index (χ2n) is 8.15. The maximum Gasteiger partial charge on any atom is 0.387 e. The molecular weight excluding hydrogens is 420 g/mol. The van der Waals surface area contributed by atoms with Crippen molar-refractivity contribution in [2.45, 2.75) is 31.3 Å². The number of benzene rings is 2. The number of amides is 1. The summed E-state index contributed by atoms with van der Waals surface area (Å²) in [6.07, 6.45) is 2.09. The van der Waals surface area contributed by atoms with Crippen LogP contribution >= 0.6 is 0 Å². The fraction of sp³-hybridized carbons (Fsp3) is 0.348. The summed E-state index contributed by atoms with van der Waals surface area (Å²) in [5, 5.41) is 13.4. The number of fused-ring (bicyclic) bond motifs is 2. The number of aliphatic hydroxyl groups is 1. The lowest BCUT2D eigenvalue weighted by Gasteiger charge is -2.24. The van der Waals surface area contributed by atoms with Crippen LogP contribution in [0, 0.1) is 0 Å². The number of rotatable bonds is 6. The summed E-state index contributed by atoms with van der Waals surface area (Å²) in [6, 6.07) is 11.9. The van der Waals surface area contributed by atoms with E-state index >= 15 is 0 Å². The Hall–Kier alpha value is -3.33. The van der Waals surface area contributed by atoms with Gasteiger partial charge in [0.15, 0.2) is 0 Å². The Labute approximate surface area is 182 Å². The van der Waals surface area contributed by atoms with Crippen LogP contribution in [0.15, 0.2) is 47.0 Å². The number of ether oxygens (including phenoxy) is 1. The first-order valence-corrected chi connectivity index (χ1v) is 10.4. The number of β-amino-alcohol motifs (C(OH)–C–C–N with tert-alkyl or cyclic N) is 1. The van der Waals surface area contributed by atoms with Crippen molar-refractivity contribution in [1.82, 2.24) is 15.0 Å². The van der Waals surface area contributed by atoms with Gasteiger partial charge in [-0.1, -0.05) is 23.4 Å². The quantitative estimate of drug-likeness (QED) is 0.631. The molecule has 32 heavy (non-hydrogen) atoms. The lowest BCUT2D eigenvalue weighted by atomic mass is 9.80. The van der Waals surface area contributed by atoms with E-state index in [-0.39, 0.29) is 29.6 Å². The summed E-state index contributed by atoms with van der Waals surface area (Å²) in [5.41, 5.74) is 3.45. The predicted molar refractivity (Wildman–Crippen MR) is 110 cm³/mol. The number of carbonyl (C=O) groups is 1. The second kappa shape index (κ2) is 7.98. The zero-order valence-corrected chi connectivity index (χ0v) is 17.1. The standard InChI is InChI=1S/C23H21F2N3O4/c24-22(25)31-15-6-4-14(5-7-15)21-26-20(27-32-21)17-2-1-3-18-16(17)8-9-23(18)12-19(30)28(13-23)10-11-29/h1-7,22,29H,8-13H2. The van der Waals surface area contributed by atoms with Crippen molar-refractivity contribution in [3.05, 3.63) is 53.6 Å². The molecular formula is C23H21F2N3O4. The lowest BCUT2D eigenvalue weighted by molar-refractivity contribution is -0.128. The van der Waals surface area contributed by atoms with Gasteiger partial charge >= 0.3 is 6.61 Å². The molecule has 2 heterocycles. The summed E-state index contributed by atoms with van der Waals surface area (Å²) in [4.78, 5) is 18.7. The van der Waals surface area contributed by atoms with E-state index in [1.54, 1.807) is 17.0 Å². The van der Waals surface area contributed by atoms with Gasteiger partial charge in [0.2, 0.25) is 11.7 Å². The minimum absolute atomic E-state index is 0.0460. The van der Waals surface area contributed by atoms with Gasteiger partial charge in [0, 0.05) is 36.1 Å². The van der Waals surface area contributed by atoms with Crippen LogP contribution in [0.2, 0.25) is 0 Å². The molecule has 1 fully saturated rings. The number of hydrogen-bond donors (Lipinski definition) is 1. The monoisotopic (exact) mass is 441 g/mol. The Morgan fingerprint density at radius 2 is 2.03 bits per heavy atom. The number of carbonyl (C=O) groups excluding carboxylic acids is 1. The molecule has 1 aromatic heterocycles. The summed E-state index contributed by atoms with van der Waals surface area (Å²) >= 11 is 0. The van der Waals surface area contributed by atoms with Crippen LogP contribution in [-0.2, 0) is 16.6 Å². The molecule has 0 bridgehead atoms. The highest BCUT2D eigenvalue weighted by Crippen LogP contribution is 2.48. The van der Waals surface area contributed by atoms with E-state index in [1.165, 1.54) is 12.1 Å². The van der Waals surface area contributed by atoms with Crippen LogP contribution < -0.4 is 4.74 Å². The molecule has 0 saturated carbocycles. The minimum Gasteiger partial charge on any atom is -0.435 e. The Bertz CT molecular complexity index is 1150. The predicted octanol–water partition coefficient (Wildman–Crippen LogP) is 3.41. The fourth-order valence-corrected chi connectivity index (χ4v) is 4.87. The van der Waals surface area contributed by atoms with Crippen molar-refractivity contribution >= 4 is 5.91 Å². The van der Waals surface area contributed by atoms with Gasteiger partial charge in [-0.2, -0.15) is 13.8 Å². The van der Waals surface area contributed by atoms with E-state index in [4.69, 9.17) is 4.52 Å². The average molecular weight is 441 g/mol. The topological polar surface area (TPSA) is 88.7 Å². The van der Waals surface area contributed by atoms with Crippen molar-refractivity contribution < 1.29 is 27.9 Å². The van der Waals surface area contributed by atoms with Gasteiger partial charge in [-0.3, -0.25) is 4.79 Å². The first-order valence-electron chi connectivity index (χ1n) is 10.4. The summed E-state index contributed by atoms with van der Waals surface area (Å²) < 4.78 is 34.5. The number of alkyl halides is 2. The van der Waals surface area contributed by atoms with E-state index in [1.807, 2.05) is 12.1 Å². The first kappa shape index (κ1) is 20.6. The summed E-state index contributed by atoms with van der Waals surface area (Å²) in [5.74, 6) is 0.840. The molecule has 0 radical (unpaired) electrons. The van der Waals surface area contributed by atoms with Crippen LogP contribution in [0.4, 0.5) is 8.78 Å². The third-order valence-corrected chi connectivity index (χ3v) is 6.30. The highest BCUT2D eigenvalue weighted by molar-refractivity contribution is 5.82. The molecule has 7 nitrogen and oxygen atoms in total. The van der Waals surface area contributed by atoms with Crippen molar-refractivity contribution in [2.75, 3.05) is 19.7 Å². The van der Waals surface area contributed by atoms with Crippen molar-refractivity contribution in [3.63, 3.8) is 0 Å². The van der Waals surface area contributed by atoms with E-state index in [0.29, 0.717) is 30.9 Å². The molecule has 2 aliphatic rings. The Morgan fingerprint density at radius 1 is 1.22 bits per heavy atom. The molecule has 166 valence electrons. The van der Waals surface area contributed by atoms with Crippen LogP contribution in [0.25, 0.3) is 22.8 Å². The van der Waals surface area contributed by atoms with Gasteiger partial charge in [0.1, 0.15) is 5.75 Å². The van der Waals surface area contributed by atoms with Gasteiger partial charge in [-0.25, -0.2) is 0 Å². The number of likely N-dealkylation sites (tertiary alicyclic amines) is 1. The lowest BCUT2D eigenvalue weighted by Crippen LogP contribution is -2.32. The normalized spacial score (nSPS) is 19.9. The van der Waals surface area contributed by atoms with Crippen LogP contribution in [0.1, 0.15) is 24.0 Å². The first-order chi connectivity index (χ1) is 15.5. The van der Waals surface area contributed by atoms with E-state index < -0.39 is 6.61 Å². The molecule has 1 N–H and O–H groups in total. The van der Waals surface area contributed by atoms with Gasteiger partial charge in [0.25, 0.3) is 5.89 Å². The third kappa shape index (κ3) is 3.52. The average Bonchev–Trinajstić information content (AvgIpc) is 3.47. The molecule has 1 spiro atoms. The van der Waals surface area contributed by atoms with Crippen LogP contribution in [0.5, 0.6) is 5.75 Å². The number of halogens is 2. The van der Waals surface area contributed by atoms with Gasteiger partial charge < -0.3 is 19.3 Å². The van der Waals surface area contributed by atoms with E-state index in [9.17, 15) is 18.7 Å². The number of nitrogens with zero attached hydrogens (tertiary/aromatic N) is 3. The molecule has 1 saturated heterocycles. The molecule has 5 rings (SSSR count). The second-order valence-corrected chi connectivity index (χ2v) is 8.15. The third-order valence-electron chi connectivity index (χ3n) is 6.30. The molecule has 2 aromatic carbocycles. The number of hydrogen-bond acceptors (Lipinski definition) is 6. The maximum absolute atomic E-state index is 12.5. The highest BCUT2D eigenvalue weighted by Gasteiger charge is 2.48. The van der Waals surface area contributed by atoms with Gasteiger partial charge in [0.05, 0.1) is 6.61 Å². The summed E-state index contributed by atoms with van der Waals surface area (Å²) in [7, 11) is 0. The Balaban J connectivity index is 1.43. The van der Waals surface area contributed by atoms with Crippen molar-refractivity contribution in [2.24, 2.45) is 0 Å². The number of aromatic nitrogens is 2. The van der Waals surface area contributed by atoms with Crippen LogP contribution in [0.3, 0.4) is 0 Å². The molecule has 1 amide bonds. The Kier molecular flexibility index (Phi) is 5.13. The Morgan fingerprint density at radius 3 is 2.78 bits per heavy atom. The van der Waals surface area contributed by atoms with Gasteiger partial charge in [-0.05, 0) is 48.2 Å². The molecule has 9 heteroatoms. The molecule has 1 unspecified atom stereocenters. The molecule has 1 atom stereocenters. The smallest absolute Gasteiger partial charge is 0.387 e.